The second-order valence-corrected chi connectivity index (χ2v) is 7.06. The zero-order chi connectivity index (χ0) is 20.1. The Hall–Kier alpha value is -2.84. The zero-order valence-electron chi connectivity index (χ0n) is 16.5. The quantitative estimate of drug-likeness (QED) is 0.620. The molecule has 1 N–H and O–H groups in total. The van der Waals surface area contributed by atoms with Gasteiger partial charge in [-0.25, -0.2) is 19.3 Å². The van der Waals surface area contributed by atoms with Gasteiger partial charge in [-0.05, 0) is 30.7 Å². The van der Waals surface area contributed by atoms with E-state index in [9.17, 15) is 4.39 Å². The molecule has 0 amide bonds. The molecule has 1 fully saturated rings. The number of aromatic nitrogens is 4. The summed E-state index contributed by atoms with van der Waals surface area (Å²) in [6, 6.07) is 6.34. The summed E-state index contributed by atoms with van der Waals surface area (Å²) in [6.07, 6.45) is 6.39. The Balaban J connectivity index is 1.50. The van der Waals surface area contributed by atoms with Crippen LogP contribution >= 0.6 is 0 Å². The minimum atomic E-state index is -0.272. The fraction of sp³-hybridized carbons (Fsp3) is 0.381. The van der Waals surface area contributed by atoms with E-state index < -0.39 is 0 Å². The van der Waals surface area contributed by atoms with Crippen LogP contribution in [0.3, 0.4) is 0 Å². The Morgan fingerprint density at radius 2 is 1.93 bits per heavy atom. The van der Waals surface area contributed by atoms with Gasteiger partial charge in [0.25, 0.3) is 0 Å². The number of aryl methyl sites for hydroxylation is 1. The monoisotopic (exact) mass is 396 g/mol. The molecule has 0 bridgehead atoms. The number of benzene rings is 1. The lowest BCUT2D eigenvalue weighted by molar-refractivity contribution is 0.0378. The predicted molar refractivity (Wildman–Crippen MR) is 110 cm³/mol. The molecule has 1 aromatic carbocycles. The highest BCUT2D eigenvalue weighted by molar-refractivity contribution is 5.78. The topological polar surface area (TPSA) is 68.1 Å². The Bertz CT molecular complexity index is 937. The van der Waals surface area contributed by atoms with Gasteiger partial charge in [-0.15, -0.1) is 0 Å². The van der Waals surface area contributed by atoms with Crippen LogP contribution in [0.4, 0.5) is 10.3 Å². The van der Waals surface area contributed by atoms with Crippen molar-refractivity contribution in [2.24, 2.45) is 7.05 Å². The van der Waals surface area contributed by atoms with E-state index in [4.69, 9.17) is 9.72 Å². The highest BCUT2D eigenvalue weighted by Gasteiger charge is 2.15. The molecule has 7 nitrogen and oxygen atoms in total. The van der Waals surface area contributed by atoms with E-state index in [0.717, 1.165) is 68.5 Å². The highest BCUT2D eigenvalue weighted by atomic mass is 19.1. The number of nitrogens with zero attached hydrogens (tertiary/aromatic N) is 5. The van der Waals surface area contributed by atoms with Crippen molar-refractivity contribution in [3.8, 4) is 22.6 Å². The lowest BCUT2D eigenvalue weighted by Crippen LogP contribution is -2.37. The van der Waals surface area contributed by atoms with Crippen molar-refractivity contribution in [2.75, 3.05) is 44.7 Å². The van der Waals surface area contributed by atoms with E-state index >= 15 is 0 Å². The third-order valence-corrected chi connectivity index (χ3v) is 5.01. The number of ether oxygens (including phenoxy) is 1. The Morgan fingerprint density at radius 3 is 2.66 bits per heavy atom. The lowest BCUT2D eigenvalue weighted by atomic mass is 10.1. The molecule has 152 valence electrons. The summed E-state index contributed by atoms with van der Waals surface area (Å²) in [5.74, 6) is 1.03. The molecular formula is C21H25FN6O. The molecular weight excluding hydrogens is 371 g/mol. The van der Waals surface area contributed by atoms with E-state index in [1.165, 1.54) is 12.1 Å². The SMILES string of the molecule is Cn1ccnc1-c1nc(NCCCN2CCOCC2)ncc1-c1ccc(F)cc1. The molecule has 1 aliphatic heterocycles. The summed E-state index contributed by atoms with van der Waals surface area (Å²) in [5, 5.41) is 3.32. The number of halogens is 1. The van der Waals surface area contributed by atoms with Gasteiger partial charge in [0.1, 0.15) is 11.5 Å². The second kappa shape index (κ2) is 9.11. The van der Waals surface area contributed by atoms with E-state index in [1.807, 2.05) is 17.8 Å². The van der Waals surface area contributed by atoms with Crippen LogP contribution in [0.5, 0.6) is 0 Å². The normalized spacial score (nSPS) is 14.8. The standard InChI is InChI=1S/C21H25FN6O/c1-27-10-8-23-20(27)19-18(16-3-5-17(22)6-4-16)15-25-21(26-19)24-7-2-9-28-11-13-29-14-12-28/h3-6,8,10,15H,2,7,9,11-14H2,1H3,(H,24,25,26). The van der Waals surface area contributed by atoms with Crippen molar-refractivity contribution >= 4 is 5.95 Å². The van der Waals surface area contributed by atoms with Crippen LogP contribution in [0.1, 0.15) is 6.42 Å². The number of morpholine rings is 1. The summed E-state index contributed by atoms with van der Waals surface area (Å²) in [4.78, 5) is 16.0. The van der Waals surface area contributed by atoms with Crippen molar-refractivity contribution in [3.63, 3.8) is 0 Å². The number of hydrogen-bond donors (Lipinski definition) is 1. The van der Waals surface area contributed by atoms with Crippen LogP contribution in [0, 0.1) is 5.82 Å². The number of rotatable bonds is 7. The van der Waals surface area contributed by atoms with Gasteiger partial charge in [-0.1, -0.05) is 12.1 Å². The average Bonchev–Trinajstić information content (AvgIpc) is 3.18. The van der Waals surface area contributed by atoms with Crippen molar-refractivity contribution in [1.82, 2.24) is 24.4 Å². The van der Waals surface area contributed by atoms with Crippen LogP contribution in [0.2, 0.25) is 0 Å². The second-order valence-electron chi connectivity index (χ2n) is 7.06. The maximum atomic E-state index is 13.3. The fourth-order valence-electron chi connectivity index (χ4n) is 3.40. The van der Waals surface area contributed by atoms with E-state index in [-0.39, 0.29) is 5.82 Å². The molecule has 3 aromatic rings. The predicted octanol–water partition coefficient (Wildman–Crippen LogP) is 2.82. The van der Waals surface area contributed by atoms with Crippen LogP contribution in [0.25, 0.3) is 22.6 Å². The van der Waals surface area contributed by atoms with Crippen molar-refractivity contribution in [1.29, 1.82) is 0 Å². The molecule has 4 rings (SSSR count). The minimum absolute atomic E-state index is 0.272. The van der Waals surface area contributed by atoms with Crippen molar-refractivity contribution < 1.29 is 9.13 Å². The van der Waals surface area contributed by atoms with E-state index in [0.29, 0.717) is 5.95 Å². The molecule has 0 unspecified atom stereocenters. The molecule has 0 saturated carbocycles. The van der Waals surface area contributed by atoms with Gasteiger partial charge >= 0.3 is 0 Å². The molecule has 3 heterocycles. The Labute approximate surface area is 169 Å². The third kappa shape index (κ3) is 4.78. The molecule has 0 spiro atoms. The van der Waals surface area contributed by atoms with Gasteiger partial charge in [-0.3, -0.25) is 4.90 Å². The van der Waals surface area contributed by atoms with Crippen LogP contribution in [-0.2, 0) is 11.8 Å². The molecule has 29 heavy (non-hydrogen) atoms. The highest BCUT2D eigenvalue weighted by Crippen LogP contribution is 2.29. The van der Waals surface area contributed by atoms with Crippen LogP contribution in [-0.4, -0.2) is 63.8 Å². The molecule has 1 saturated heterocycles. The third-order valence-electron chi connectivity index (χ3n) is 5.01. The van der Waals surface area contributed by atoms with Gasteiger partial charge < -0.3 is 14.6 Å². The summed E-state index contributed by atoms with van der Waals surface area (Å²) >= 11 is 0. The van der Waals surface area contributed by atoms with Crippen molar-refractivity contribution in [2.45, 2.75) is 6.42 Å². The molecule has 8 heteroatoms. The van der Waals surface area contributed by atoms with Crippen LogP contribution < -0.4 is 5.32 Å². The number of anilines is 1. The summed E-state index contributed by atoms with van der Waals surface area (Å²) in [5.41, 5.74) is 2.39. The van der Waals surface area contributed by atoms with Gasteiger partial charge in [0.2, 0.25) is 5.95 Å². The Morgan fingerprint density at radius 1 is 1.14 bits per heavy atom. The van der Waals surface area contributed by atoms with E-state index in [2.05, 4.69) is 20.2 Å². The first-order valence-corrected chi connectivity index (χ1v) is 9.85. The van der Waals surface area contributed by atoms with Crippen LogP contribution in [0.15, 0.2) is 42.9 Å². The summed E-state index contributed by atoms with van der Waals surface area (Å²) in [7, 11) is 1.92. The summed E-state index contributed by atoms with van der Waals surface area (Å²) in [6.45, 7) is 5.42. The molecule has 2 aromatic heterocycles. The van der Waals surface area contributed by atoms with Crippen molar-refractivity contribution in [3.05, 3.63) is 48.7 Å². The number of nitrogens with one attached hydrogen (secondary N) is 1. The summed E-state index contributed by atoms with van der Waals surface area (Å²) < 4.78 is 20.6. The first-order valence-electron chi connectivity index (χ1n) is 9.85. The maximum absolute atomic E-state index is 13.3. The van der Waals surface area contributed by atoms with Gasteiger partial charge in [0.05, 0.1) is 13.2 Å². The average molecular weight is 396 g/mol. The first kappa shape index (κ1) is 19.5. The van der Waals surface area contributed by atoms with E-state index in [1.54, 1.807) is 24.5 Å². The smallest absolute Gasteiger partial charge is 0.223 e. The van der Waals surface area contributed by atoms with Gasteiger partial charge in [0.15, 0.2) is 5.82 Å². The minimum Gasteiger partial charge on any atom is -0.379 e. The maximum Gasteiger partial charge on any atom is 0.223 e. The Kier molecular flexibility index (Phi) is 6.12. The molecule has 0 radical (unpaired) electrons. The largest absolute Gasteiger partial charge is 0.379 e. The number of imidazole rings is 1. The molecule has 1 aliphatic rings. The first-order chi connectivity index (χ1) is 14.2. The zero-order valence-corrected chi connectivity index (χ0v) is 16.5. The fourth-order valence-corrected chi connectivity index (χ4v) is 3.40. The lowest BCUT2D eigenvalue weighted by Gasteiger charge is -2.26. The van der Waals surface area contributed by atoms with Gasteiger partial charge in [0, 0.05) is 50.8 Å². The molecule has 0 aliphatic carbocycles. The molecule has 0 atom stereocenters. The number of hydrogen-bond acceptors (Lipinski definition) is 6. The van der Waals surface area contributed by atoms with Gasteiger partial charge in [-0.2, -0.15) is 0 Å².